The van der Waals surface area contributed by atoms with Gasteiger partial charge in [-0.1, -0.05) is 107 Å². The number of ketones is 1. The molecule has 5 heteroatoms. The molecule has 162 valence electrons. The number of rotatable bonds is 0. The van der Waals surface area contributed by atoms with Gasteiger partial charge in [0.05, 0.1) is 0 Å². The molecule has 5 nitrogen and oxygen atoms in total. The molecule has 0 N–H and O–H groups in total. The van der Waals surface area contributed by atoms with Crippen LogP contribution in [0.4, 0.5) is 0 Å². The van der Waals surface area contributed by atoms with E-state index < -0.39 is 42.0 Å². The zero-order valence-corrected chi connectivity index (χ0v) is 16.6. The molecule has 0 aromatic rings. The van der Waals surface area contributed by atoms with Crippen LogP contribution in [0, 0.1) is 23.7 Å². The van der Waals surface area contributed by atoms with Crippen LogP contribution in [0.1, 0.15) is 83.1 Å². The molecule has 0 aliphatic heterocycles. The molecule has 0 aromatic carbocycles. The van der Waals surface area contributed by atoms with Crippen molar-refractivity contribution in [3.8, 4) is 0 Å². The summed E-state index contributed by atoms with van der Waals surface area (Å²) in [6.07, 6.45) is -0.914. The fraction of sp³-hybridized carbons (Fsp3) is 0.952. The van der Waals surface area contributed by atoms with Crippen molar-refractivity contribution in [2.45, 2.75) is 108 Å². The molecule has 0 bridgehead atoms. The summed E-state index contributed by atoms with van der Waals surface area (Å²) in [6.45, 7) is 15.1. The molecule has 2 rings (SSSR count). The van der Waals surface area contributed by atoms with Crippen LogP contribution < -0.4 is 20.4 Å². The topological polar surface area (TPSA) is 109 Å². The zero-order valence-electron chi connectivity index (χ0n) is 16.6. The van der Waals surface area contributed by atoms with Crippen molar-refractivity contribution in [1.82, 2.24) is 0 Å². The molecule has 26 heavy (non-hydrogen) atoms. The largest absolute Gasteiger partial charge is 0.852 e. The molecule has 0 aromatic heterocycles. The van der Waals surface area contributed by atoms with E-state index >= 15 is 0 Å². The molecule has 0 heterocycles. The number of Topliss-reactive ketones (excluding diaryl/α,β-unsaturated/α-hetero) is 1. The summed E-state index contributed by atoms with van der Waals surface area (Å²) in [7, 11) is 0. The predicted octanol–water partition coefficient (Wildman–Crippen LogP) is 1.13. The van der Waals surface area contributed by atoms with Crippen LogP contribution in [0.15, 0.2) is 0 Å². The van der Waals surface area contributed by atoms with Crippen molar-refractivity contribution in [2.75, 3.05) is 0 Å². The maximum Gasteiger partial charge on any atom is 0.121 e. The van der Waals surface area contributed by atoms with Gasteiger partial charge in [-0.05, 0) is 0 Å². The van der Waals surface area contributed by atoms with Crippen molar-refractivity contribution < 1.29 is 25.2 Å². The third-order valence-corrected chi connectivity index (χ3v) is 4.29. The third kappa shape index (κ3) is 9.45. The van der Waals surface area contributed by atoms with Gasteiger partial charge in [-0.3, -0.25) is 0 Å². The minimum absolute atomic E-state index is 0. The van der Waals surface area contributed by atoms with Crippen molar-refractivity contribution >= 4 is 5.78 Å². The van der Waals surface area contributed by atoms with E-state index in [1.165, 1.54) is 19.8 Å². The average Bonchev–Trinajstić information content (AvgIpc) is 2.73. The van der Waals surface area contributed by atoms with E-state index in [0.29, 0.717) is 0 Å². The highest BCUT2D eigenvalue weighted by Crippen LogP contribution is 2.29. The first kappa shape index (κ1) is 33.1. The first-order valence-electron chi connectivity index (χ1n) is 9.20. The molecule has 0 radical (unpaired) electrons. The minimum Gasteiger partial charge on any atom is -0.852 e. The molecule has 4 atom stereocenters. The van der Waals surface area contributed by atoms with Gasteiger partial charge < -0.3 is 25.2 Å². The van der Waals surface area contributed by atoms with Gasteiger partial charge in [0.25, 0.3) is 0 Å². The highest BCUT2D eigenvalue weighted by molar-refractivity contribution is 5.87. The highest BCUT2D eigenvalue weighted by atomic mass is 16.3. The van der Waals surface area contributed by atoms with Gasteiger partial charge >= 0.3 is 0 Å². The molecule has 0 amide bonds. The lowest BCUT2D eigenvalue weighted by Crippen LogP contribution is -2.64. The Morgan fingerprint density at radius 2 is 0.923 bits per heavy atom. The van der Waals surface area contributed by atoms with Gasteiger partial charge in [0.15, 0.2) is 0 Å². The second-order valence-corrected chi connectivity index (χ2v) is 7.00. The lowest BCUT2D eigenvalue weighted by molar-refractivity contribution is -0.558. The number of hydrogen-bond donors (Lipinski definition) is 0. The maximum absolute atomic E-state index is 11.0. The van der Waals surface area contributed by atoms with E-state index in [4.69, 9.17) is 0 Å². The van der Waals surface area contributed by atoms with E-state index in [1.54, 1.807) is 20.8 Å². The SMILES string of the molecule is C.C.CC1C(=O)C([O-])C(C)C1[O-].CC1C([O-])C(C)C1[O-].CCC.CCC. The van der Waals surface area contributed by atoms with Gasteiger partial charge in [-0.2, -0.15) is 0 Å². The summed E-state index contributed by atoms with van der Waals surface area (Å²) < 4.78 is 0. The second-order valence-electron chi connectivity index (χ2n) is 7.00. The lowest BCUT2D eigenvalue weighted by Gasteiger charge is -2.58. The summed E-state index contributed by atoms with van der Waals surface area (Å²) in [4.78, 5) is 10.8. The van der Waals surface area contributed by atoms with Crippen LogP contribution in [-0.4, -0.2) is 30.2 Å². The fourth-order valence-corrected chi connectivity index (χ4v) is 2.49. The Bertz CT molecular complexity index is 284. The predicted molar refractivity (Wildman–Crippen MR) is 102 cm³/mol. The van der Waals surface area contributed by atoms with Crippen LogP contribution in [0.25, 0.3) is 0 Å². The van der Waals surface area contributed by atoms with Crippen LogP contribution in [0.2, 0.25) is 0 Å². The Kier molecular flexibility index (Phi) is 21.2. The monoisotopic (exact) mass is 376 g/mol. The number of carbonyl (C=O) groups excluding carboxylic acids is 1. The van der Waals surface area contributed by atoms with Crippen molar-refractivity contribution in [3.63, 3.8) is 0 Å². The third-order valence-electron chi connectivity index (χ3n) is 4.29. The van der Waals surface area contributed by atoms with Crippen LogP contribution >= 0.6 is 0 Å². The Labute approximate surface area is 162 Å². The summed E-state index contributed by atoms with van der Waals surface area (Å²) in [5, 5.41) is 43.2. The standard InChI is InChI=1S/C7H10O3.C6H10O2.2C3H8.2CH4/c1-3-5(8)4(2)7(10)6(3)9;1-3-5(7)4(2)6(3)8;2*1-3-2;;/h3-6H,1-2H3;3-6H,1-2H3;2*3H2,1-2H3;2*1H4/q2*-2;;;;. The van der Waals surface area contributed by atoms with E-state index in [-0.39, 0.29) is 26.7 Å². The van der Waals surface area contributed by atoms with E-state index in [2.05, 4.69) is 27.7 Å². The highest BCUT2D eigenvalue weighted by Gasteiger charge is 2.32. The molecular weight excluding hydrogens is 332 g/mol. The second kappa shape index (κ2) is 16.7. The van der Waals surface area contributed by atoms with Gasteiger partial charge in [-0.15, -0.1) is 18.3 Å². The number of hydrogen-bond acceptors (Lipinski definition) is 5. The van der Waals surface area contributed by atoms with Crippen molar-refractivity contribution in [2.24, 2.45) is 23.7 Å². The van der Waals surface area contributed by atoms with Crippen LogP contribution in [0.5, 0.6) is 0 Å². The van der Waals surface area contributed by atoms with Gasteiger partial charge in [-0.25, -0.2) is 0 Å². The van der Waals surface area contributed by atoms with E-state index in [0.717, 1.165) is 0 Å². The fourth-order valence-electron chi connectivity index (χ4n) is 2.49. The molecule has 2 saturated carbocycles. The Morgan fingerprint density at radius 1 is 0.654 bits per heavy atom. The molecule has 0 spiro atoms. The van der Waals surface area contributed by atoms with Gasteiger partial charge in [0.1, 0.15) is 5.78 Å². The van der Waals surface area contributed by atoms with Crippen molar-refractivity contribution in [3.05, 3.63) is 0 Å². The van der Waals surface area contributed by atoms with Crippen LogP contribution in [-0.2, 0) is 4.79 Å². The lowest BCUT2D eigenvalue weighted by atomic mass is 9.71. The average molecular weight is 377 g/mol. The smallest absolute Gasteiger partial charge is 0.121 e. The first-order chi connectivity index (χ1) is 11.0. The quantitative estimate of drug-likeness (QED) is 0.629. The van der Waals surface area contributed by atoms with Crippen molar-refractivity contribution in [1.29, 1.82) is 0 Å². The first-order valence-corrected chi connectivity index (χ1v) is 9.20. The Morgan fingerprint density at radius 3 is 1.00 bits per heavy atom. The Balaban J connectivity index is -0.000000137. The normalized spacial score (nSPS) is 37.0. The summed E-state index contributed by atoms with van der Waals surface area (Å²) in [6, 6.07) is 0. The molecule has 0 saturated heterocycles. The van der Waals surface area contributed by atoms with E-state index in [9.17, 15) is 25.2 Å². The van der Waals surface area contributed by atoms with Crippen LogP contribution in [0.3, 0.4) is 0 Å². The summed E-state index contributed by atoms with van der Waals surface area (Å²) in [5.74, 6) is -1.78. The number of carbonyl (C=O) groups is 1. The summed E-state index contributed by atoms with van der Waals surface area (Å²) >= 11 is 0. The van der Waals surface area contributed by atoms with Gasteiger partial charge in [0.2, 0.25) is 0 Å². The molecular formula is C21H44O5-4. The summed E-state index contributed by atoms with van der Waals surface area (Å²) in [5.41, 5.74) is 0. The zero-order chi connectivity index (χ0) is 19.6. The molecule has 2 aliphatic carbocycles. The molecule has 4 unspecified atom stereocenters. The van der Waals surface area contributed by atoms with E-state index in [1.807, 2.05) is 0 Å². The molecule has 2 aliphatic rings. The minimum atomic E-state index is -1.27. The van der Waals surface area contributed by atoms with Gasteiger partial charge in [0, 0.05) is 5.92 Å². The molecule has 2 fully saturated rings. The maximum atomic E-state index is 11.0. The Hall–Kier alpha value is -0.490.